The topological polar surface area (TPSA) is 38.2 Å². The minimum atomic E-state index is 0.343. The Labute approximate surface area is 141 Å². The number of hydrogen-bond acceptors (Lipinski definition) is 5. The van der Waals surface area contributed by atoms with E-state index in [1.165, 1.54) is 30.0 Å². The third kappa shape index (κ3) is 3.00. The minimum Gasteiger partial charge on any atom is -0.488 e. The summed E-state index contributed by atoms with van der Waals surface area (Å²) in [4.78, 5) is 12.7. The first kappa shape index (κ1) is 15.1. The Kier molecular flexibility index (Phi) is 4.07. The van der Waals surface area contributed by atoms with Crippen LogP contribution in [0.15, 0.2) is 23.8 Å². The molecule has 4 nitrogen and oxygen atoms in total. The highest BCUT2D eigenvalue weighted by Crippen LogP contribution is 2.41. The summed E-state index contributed by atoms with van der Waals surface area (Å²) in [6.45, 7) is 7.52. The number of hydrogen-bond donors (Lipinski definition) is 0. The van der Waals surface area contributed by atoms with Crippen molar-refractivity contribution in [2.24, 2.45) is 11.8 Å². The first-order chi connectivity index (χ1) is 11.2. The molecule has 0 radical (unpaired) electrons. The van der Waals surface area contributed by atoms with Gasteiger partial charge in [0.1, 0.15) is 11.9 Å². The molecule has 2 fully saturated rings. The molecule has 122 valence electrons. The molecular formula is C18H23N3OS. The predicted octanol–water partition coefficient (Wildman–Crippen LogP) is 3.44. The zero-order chi connectivity index (χ0) is 15.8. The molecule has 23 heavy (non-hydrogen) atoms. The summed E-state index contributed by atoms with van der Waals surface area (Å²) < 4.78 is 6.33. The van der Waals surface area contributed by atoms with Gasteiger partial charge in [0.05, 0.1) is 16.9 Å². The van der Waals surface area contributed by atoms with E-state index in [9.17, 15) is 0 Å². The summed E-state index contributed by atoms with van der Waals surface area (Å²) >= 11 is 1.78. The number of likely N-dealkylation sites (tertiary alicyclic amines) is 1. The van der Waals surface area contributed by atoms with Gasteiger partial charge in [-0.2, -0.15) is 0 Å². The van der Waals surface area contributed by atoms with E-state index in [0.717, 1.165) is 30.5 Å². The lowest BCUT2D eigenvalue weighted by Gasteiger charge is -2.22. The Morgan fingerprint density at radius 1 is 1.22 bits per heavy atom. The number of rotatable bonds is 4. The lowest BCUT2D eigenvalue weighted by Crippen LogP contribution is -2.28. The SMILES string of the molecule is Cc1ncccc1O[C@@H]1CC[C@@H]2CN(Cc3scnc3C)C[C@@H]21. The normalized spacial score (nSPS) is 27.3. The molecule has 1 saturated carbocycles. The molecule has 3 atom stereocenters. The number of thiazole rings is 1. The van der Waals surface area contributed by atoms with Gasteiger partial charge in [0, 0.05) is 36.6 Å². The molecule has 1 saturated heterocycles. The van der Waals surface area contributed by atoms with Crippen LogP contribution in [0.3, 0.4) is 0 Å². The highest BCUT2D eigenvalue weighted by atomic mass is 32.1. The van der Waals surface area contributed by atoms with E-state index in [4.69, 9.17) is 4.74 Å². The van der Waals surface area contributed by atoms with Crippen LogP contribution in [0.1, 0.15) is 29.1 Å². The average molecular weight is 329 g/mol. The monoisotopic (exact) mass is 329 g/mol. The average Bonchev–Trinajstić information content (AvgIpc) is 3.21. The molecule has 2 aromatic rings. The van der Waals surface area contributed by atoms with Crippen molar-refractivity contribution in [3.05, 3.63) is 40.1 Å². The van der Waals surface area contributed by atoms with Gasteiger partial charge in [0.2, 0.25) is 0 Å². The molecule has 1 aliphatic heterocycles. The van der Waals surface area contributed by atoms with Gasteiger partial charge in [0.15, 0.2) is 0 Å². The van der Waals surface area contributed by atoms with Crippen molar-refractivity contribution in [2.45, 2.75) is 39.3 Å². The maximum Gasteiger partial charge on any atom is 0.140 e. The fraction of sp³-hybridized carbons (Fsp3) is 0.556. The summed E-state index contributed by atoms with van der Waals surface area (Å²) in [6, 6.07) is 4.01. The van der Waals surface area contributed by atoms with Crippen LogP contribution in [-0.2, 0) is 6.54 Å². The van der Waals surface area contributed by atoms with E-state index < -0.39 is 0 Å². The summed E-state index contributed by atoms with van der Waals surface area (Å²) in [5, 5.41) is 0. The van der Waals surface area contributed by atoms with Gasteiger partial charge < -0.3 is 4.74 Å². The van der Waals surface area contributed by atoms with E-state index >= 15 is 0 Å². The molecule has 2 aliphatic rings. The smallest absolute Gasteiger partial charge is 0.140 e. The van der Waals surface area contributed by atoms with E-state index in [0.29, 0.717) is 12.0 Å². The van der Waals surface area contributed by atoms with Crippen molar-refractivity contribution in [1.29, 1.82) is 0 Å². The van der Waals surface area contributed by atoms with E-state index in [1.807, 2.05) is 30.8 Å². The molecule has 4 rings (SSSR count). The predicted molar refractivity (Wildman–Crippen MR) is 91.7 cm³/mol. The van der Waals surface area contributed by atoms with Crippen molar-refractivity contribution in [2.75, 3.05) is 13.1 Å². The Bertz CT molecular complexity index is 686. The highest BCUT2D eigenvalue weighted by molar-refractivity contribution is 7.09. The molecule has 0 N–H and O–H groups in total. The third-order valence-electron chi connectivity index (χ3n) is 5.32. The second-order valence-corrected chi connectivity index (χ2v) is 7.74. The van der Waals surface area contributed by atoms with Crippen molar-refractivity contribution in [1.82, 2.24) is 14.9 Å². The quantitative estimate of drug-likeness (QED) is 0.861. The molecule has 0 spiro atoms. The van der Waals surface area contributed by atoms with E-state index in [-0.39, 0.29) is 0 Å². The molecular weight excluding hydrogens is 306 g/mol. The van der Waals surface area contributed by atoms with Gasteiger partial charge in [0.25, 0.3) is 0 Å². The summed E-state index contributed by atoms with van der Waals surface area (Å²) in [7, 11) is 0. The van der Waals surface area contributed by atoms with Gasteiger partial charge in [-0.1, -0.05) is 0 Å². The van der Waals surface area contributed by atoms with Gasteiger partial charge >= 0.3 is 0 Å². The molecule has 1 aliphatic carbocycles. The van der Waals surface area contributed by atoms with Crippen LogP contribution in [0, 0.1) is 25.7 Å². The van der Waals surface area contributed by atoms with Crippen LogP contribution in [0.2, 0.25) is 0 Å². The Morgan fingerprint density at radius 3 is 2.91 bits per heavy atom. The van der Waals surface area contributed by atoms with Crippen LogP contribution in [0.4, 0.5) is 0 Å². The molecule has 2 aromatic heterocycles. The number of aryl methyl sites for hydroxylation is 2. The van der Waals surface area contributed by atoms with Crippen LogP contribution in [0.5, 0.6) is 5.75 Å². The fourth-order valence-corrected chi connectivity index (χ4v) is 4.84. The molecule has 3 heterocycles. The molecule has 5 heteroatoms. The summed E-state index contributed by atoms with van der Waals surface area (Å²) in [5.74, 6) is 2.39. The van der Waals surface area contributed by atoms with Gasteiger partial charge in [-0.15, -0.1) is 11.3 Å². The van der Waals surface area contributed by atoms with Crippen molar-refractivity contribution >= 4 is 11.3 Å². The van der Waals surface area contributed by atoms with Crippen LogP contribution in [0.25, 0.3) is 0 Å². The van der Waals surface area contributed by atoms with Gasteiger partial charge in [-0.05, 0) is 44.7 Å². The lowest BCUT2D eigenvalue weighted by molar-refractivity contribution is 0.146. The van der Waals surface area contributed by atoms with Crippen molar-refractivity contribution in [3.8, 4) is 5.75 Å². The number of nitrogens with zero attached hydrogens (tertiary/aromatic N) is 3. The zero-order valence-corrected chi connectivity index (χ0v) is 14.6. The summed E-state index contributed by atoms with van der Waals surface area (Å²) in [6.07, 6.45) is 4.63. The first-order valence-corrected chi connectivity index (χ1v) is 9.28. The largest absolute Gasteiger partial charge is 0.488 e. The van der Waals surface area contributed by atoms with Crippen LogP contribution < -0.4 is 4.74 Å². The van der Waals surface area contributed by atoms with Gasteiger partial charge in [-0.25, -0.2) is 4.98 Å². The molecule has 0 aromatic carbocycles. The number of fused-ring (bicyclic) bond motifs is 1. The van der Waals surface area contributed by atoms with E-state index in [2.05, 4.69) is 21.8 Å². The van der Waals surface area contributed by atoms with Crippen LogP contribution >= 0.6 is 11.3 Å². The number of aromatic nitrogens is 2. The van der Waals surface area contributed by atoms with Crippen molar-refractivity contribution in [3.63, 3.8) is 0 Å². The number of ether oxygens (including phenoxy) is 1. The third-order valence-corrected chi connectivity index (χ3v) is 6.24. The maximum atomic E-state index is 6.33. The minimum absolute atomic E-state index is 0.343. The maximum absolute atomic E-state index is 6.33. The second-order valence-electron chi connectivity index (χ2n) is 6.80. The zero-order valence-electron chi connectivity index (χ0n) is 13.7. The Morgan fingerprint density at radius 2 is 2.13 bits per heavy atom. The first-order valence-electron chi connectivity index (χ1n) is 8.40. The molecule has 0 bridgehead atoms. The Balaban J connectivity index is 1.41. The van der Waals surface area contributed by atoms with E-state index in [1.54, 1.807) is 11.3 Å². The summed E-state index contributed by atoms with van der Waals surface area (Å²) in [5.41, 5.74) is 4.13. The molecule has 0 amide bonds. The van der Waals surface area contributed by atoms with Crippen molar-refractivity contribution < 1.29 is 4.74 Å². The van der Waals surface area contributed by atoms with Crippen LogP contribution in [-0.4, -0.2) is 34.1 Å². The number of pyridine rings is 1. The Hall–Kier alpha value is -1.46. The van der Waals surface area contributed by atoms with Gasteiger partial charge in [-0.3, -0.25) is 9.88 Å². The second kappa shape index (κ2) is 6.21. The lowest BCUT2D eigenvalue weighted by atomic mass is 9.99. The fourth-order valence-electron chi connectivity index (χ4n) is 4.02. The standard InChI is InChI=1S/C18H23N3OS/c1-12-16(4-3-7-19-12)22-17-6-5-14-8-21(9-15(14)17)10-18-13(2)20-11-23-18/h3-4,7,11,14-15,17H,5-6,8-10H2,1-2H3/t14-,15+,17-/m1/s1. The highest BCUT2D eigenvalue weighted by Gasteiger charge is 2.44. The molecule has 0 unspecified atom stereocenters.